The molecule has 1 aliphatic heterocycles. The van der Waals surface area contributed by atoms with Crippen LogP contribution in [0.1, 0.15) is 49.7 Å². The van der Waals surface area contributed by atoms with Gasteiger partial charge in [0.15, 0.2) is 11.6 Å². The van der Waals surface area contributed by atoms with Crippen LogP contribution in [0.5, 0.6) is 0 Å². The second kappa shape index (κ2) is 10.2. The average molecular weight is 436 g/mol. The summed E-state index contributed by atoms with van der Waals surface area (Å²) in [6.07, 6.45) is 4.80. The largest absolute Gasteiger partial charge is 0.460 e. The number of carbonyl (C=O) groups is 1. The van der Waals surface area contributed by atoms with E-state index in [1.54, 1.807) is 0 Å². The standard InChI is InChI=1S/C26H33N3O3/c27-25(28-19-20-9-3-1-4-10-20)29-17-15-23(16-18-29)32-24(30)26(31,22-13-7-8-14-22)21-11-5-2-6-12-21/h1-6,9-12,22-23,31H,7-8,13-19H2,(H2,27,28)/t26-/m0/s1. The van der Waals surface area contributed by atoms with Gasteiger partial charge in [-0.1, -0.05) is 73.5 Å². The van der Waals surface area contributed by atoms with E-state index in [1.165, 1.54) is 0 Å². The first kappa shape index (κ1) is 22.3. The van der Waals surface area contributed by atoms with Gasteiger partial charge in [0.1, 0.15) is 6.10 Å². The van der Waals surface area contributed by atoms with E-state index in [4.69, 9.17) is 10.1 Å². The van der Waals surface area contributed by atoms with E-state index < -0.39 is 11.6 Å². The number of hydrogen-bond donors (Lipinski definition) is 3. The minimum atomic E-state index is -1.58. The Balaban J connectivity index is 1.32. The Kier molecular flexibility index (Phi) is 7.10. The molecule has 0 unspecified atom stereocenters. The molecule has 4 rings (SSSR count). The van der Waals surface area contributed by atoms with Crippen molar-refractivity contribution in [2.45, 2.75) is 56.8 Å². The summed E-state index contributed by atoms with van der Waals surface area (Å²) in [6, 6.07) is 19.3. The second-order valence-electron chi connectivity index (χ2n) is 8.89. The average Bonchev–Trinajstić information content (AvgIpc) is 3.39. The Hall–Kier alpha value is -2.86. The number of guanidine groups is 1. The molecule has 1 saturated heterocycles. The van der Waals surface area contributed by atoms with Crippen molar-refractivity contribution in [2.24, 2.45) is 5.92 Å². The minimum absolute atomic E-state index is 0.104. The van der Waals surface area contributed by atoms with Crippen LogP contribution in [0.4, 0.5) is 0 Å². The zero-order valence-electron chi connectivity index (χ0n) is 18.5. The SMILES string of the molecule is N=C(NCc1ccccc1)N1CCC(OC(=O)[C@](O)(c2ccccc2)C2CCCC2)CC1. The number of carbonyl (C=O) groups excluding carboxylic acids is 1. The van der Waals surface area contributed by atoms with Gasteiger partial charge < -0.3 is 20.1 Å². The lowest BCUT2D eigenvalue weighted by atomic mass is 9.80. The monoisotopic (exact) mass is 435 g/mol. The number of rotatable bonds is 6. The van der Waals surface area contributed by atoms with Crippen molar-refractivity contribution in [3.8, 4) is 0 Å². The third-order valence-electron chi connectivity index (χ3n) is 6.81. The zero-order chi connectivity index (χ0) is 22.4. The third-order valence-corrected chi connectivity index (χ3v) is 6.81. The highest BCUT2D eigenvalue weighted by molar-refractivity contribution is 5.82. The fourth-order valence-corrected chi connectivity index (χ4v) is 4.89. The van der Waals surface area contributed by atoms with Gasteiger partial charge in [-0.25, -0.2) is 4.79 Å². The molecular weight excluding hydrogens is 402 g/mol. The first-order valence-electron chi connectivity index (χ1n) is 11.7. The molecule has 0 radical (unpaired) electrons. The molecule has 6 nitrogen and oxygen atoms in total. The van der Waals surface area contributed by atoms with Gasteiger partial charge in [0.2, 0.25) is 0 Å². The van der Waals surface area contributed by atoms with Crippen molar-refractivity contribution in [2.75, 3.05) is 13.1 Å². The first-order chi connectivity index (χ1) is 15.6. The number of aliphatic hydroxyl groups is 1. The van der Waals surface area contributed by atoms with Gasteiger partial charge in [0.05, 0.1) is 0 Å². The predicted molar refractivity (Wildman–Crippen MR) is 124 cm³/mol. The van der Waals surface area contributed by atoms with Gasteiger partial charge in [-0.05, 0) is 24.0 Å². The molecule has 170 valence electrons. The van der Waals surface area contributed by atoms with Crippen molar-refractivity contribution >= 4 is 11.9 Å². The van der Waals surface area contributed by atoms with E-state index >= 15 is 0 Å². The van der Waals surface area contributed by atoms with Crippen molar-refractivity contribution in [3.63, 3.8) is 0 Å². The van der Waals surface area contributed by atoms with E-state index in [-0.39, 0.29) is 12.0 Å². The number of benzene rings is 2. The molecule has 1 saturated carbocycles. The number of likely N-dealkylation sites (tertiary alicyclic amines) is 1. The molecule has 6 heteroatoms. The van der Waals surface area contributed by atoms with Crippen molar-refractivity contribution in [1.29, 1.82) is 5.41 Å². The number of esters is 1. The lowest BCUT2D eigenvalue weighted by Crippen LogP contribution is -2.49. The third kappa shape index (κ3) is 4.96. The molecule has 1 atom stereocenters. The van der Waals surface area contributed by atoms with Crippen LogP contribution in [0.3, 0.4) is 0 Å². The summed E-state index contributed by atoms with van der Waals surface area (Å²) in [5.41, 5.74) is 0.174. The normalized spacial score (nSPS) is 19.3. The molecular formula is C26H33N3O3. The molecule has 1 heterocycles. The number of piperidine rings is 1. The highest BCUT2D eigenvalue weighted by atomic mass is 16.6. The molecule has 2 aromatic carbocycles. The highest BCUT2D eigenvalue weighted by Crippen LogP contribution is 2.42. The maximum absolute atomic E-state index is 13.3. The van der Waals surface area contributed by atoms with E-state index in [0.29, 0.717) is 44.0 Å². The summed E-state index contributed by atoms with van der Waals surface area (Å²) in [6.45, 7) is 1.90. The van der Waals surface area contributed by atoms with Gasteiger partial charge in [-0.2, -0.15) is 0 Å². The molecule has 0 spiro atoms. The predicted octanol–water partition coefficient (Wildman–Crippen LogP) is 3.80. The van der Waals surface area contributed by atoms with Crippen LogP contribution in [-0.4, -0.2) is 41.1 Å². The van der Waals surface area contributed by atoms with E-state index in [1.807, 2.05) is 65.6 Å². The molecule has 0 amide bonds. The zero-order valence-corrected chi connectivity index (χ0v) is 18.5. The number of hydrogen-bond acceptors (Lipinski definition) is 4. The molecule has 3 N–H and O–H groups in total. The number of ether oxygens (including phenoxy) is 1. The summed E-state index contributed by atoms with van der Waals surface area (Å²) in [5.74, 6) is -0.232. The van der Waals surface area contributed by atoms with E-state index in [0.717, 1.165) is 31.2 Å². The van der Waals surface area contributed by atoms with Crippen molar-refractivity contribution < 1.29 is 14.6 Å². The molecule has 0 bridgehead atoms. The number of nitrogens with one attached hydrogen (secondary N) is 2. The fraction of sp³-hybridized carbons (Fsp3) is 0.462. The Morgan fingerprint density at radius 2 is 1.59 bits per heavy atom. The van der Waals surface area contributed by atoms with Gasteiger partial charge in [-0.3, -0.25) is 5.41 Å². The van der Waals surface area contributed by atoms with E-state index in [2.05, 4.69) is 5.32 Å². The topological polar surface area (TPSA) is 85.7 Å². The Morgan fingerprint density at radius 1 is 1.00 bits per heavy atom. The van der Waals surface area contributed by atoms with Crippen LogP contribution in [0.2, 0.25) is 0 Å². The summed E-state index contributed by atoms with van der Waals surface area (Å²) in [4.78, 5) is 15.2. The smallest absolute Gasteiger partial charge is 0.343 e. The first-order valence-corrected chi connectivity index (χ1v) is 11.7. The van der Waals surface area contributed by atoms with Crippen LogP contribution in [0, 0.1) is 11.3 Å². The molecule has 32 heavy (non-hydrogen) atoms. The molecule has 1 aliphatic carbocycles. The molecule has 2 aromatic rings. The maximum atomic E-state index is 13.3. The summed E-state index contributed by atoms with van der Waals surface area (Å²) < 4.78 is 5.87. The highest BCUT2D eigenvalue weighted by Gasteiger charge is 2.48. The van der Waals surface area contributed by atoms with Crippen LogP contribution >= 0.6 is 0 Å². The van der Waals surface area contributed by atoms with Crippen LogP contribution in [-0.2, 0) is 21.7 Å². The van der Waals surface area contributed by atoms with Crippen LogP contribution in [0.25, 0.3) is 0 Å². The van der Waals surface area contributed by atoms with E-state index in [9.17, 15) is 9.90 Å². The molecule has 0 aromatic heterocycles. The molecule has 2 aliphatic rings. The number of nitrogens with zero attached hydrogens (tertiary/aromatic N) is 1. The van der Waals surface area contributed by atoms with Gasteiger partial charge >= 0.3 is 5.97 Å². The quantitative estimate of drug-likeness (QED) is 0.365. The summed E-state index contributed by atoms with van der Waals surface area (Å²) in [7, 11) is 0. The lowest BCUT2D eigenvalue weighted by molar-refractivity contribution is -0.181. The van der Waals surface area contributed by atoms with Gasteiger partial charge in [0.25, 0.3) is 0 Å². The van der Waals surface area contributed by atoms with Crippen LogP contribution < -0.4 is 5.32 Å². The Labute approximate surface area is 190 Å². The lowest BCUT2D eigenvalue weighted by Gasteiger charge is -2.37. The molecule has 2 fully saturated rings. The summed E-state index contributed by atoms with van der Waals surface area (Å²) in [5, 5.41) is 23.1. The van der Waals surface area contributed by atoms with Gasteiger partial charge in [0, 0.05) is 38.4 Å². The summed E-state index contributed by atoms with van der Waals surface area (Å²) >= 11 is 0. The second-order valence-corrected chi connectivity index (χ2v) is 8.89. The fourth-order valence-electron chi connectivity index (χ4n) is 4.89. The Bertz CT molecular complexity index is 891. The Morgan fingerprint density at radius 3 is 2.22 bits per heavy atom. The van der Waals surface area contributed by atoms with Crippen LogP contribution in [0.15, 0.2) is 60.7 Å². The van der Waals surface area contributed by atoms with Crippen molar-refractivity contribution in [1.82, 2.24) is 10.2 Å². The van der Waals surface area contributed by atoms with Crippen molar-refractivity contribution in [3.05, 3.63) is 71.8 Å². The minimum Gasteiger partial charge on any atom is -0.460 e. The maximum Gasteiger partial charge on any atom is 0.343 e. The van der Waals surface area contributed by atoms with Gasteiger partial charge in [-0.15, -0.1) is 0 Å².